The van der Waals surface area contributed by atoms with Crippen LogP contribution in [0.5, 0.6) is 0 Å². The molecule has 0 spiro atoms. The molecule has 1 amide bonds. The number of carbonyl (C=O) groups is 2. The van der Waals surface area contributed by atoms with Gasteiger partial charge in [0, 0.05) is 7.05 Å². The van der Waals surface area contributed by atoms with E-state index in [1.165, 1.54) is 7.05 Å². The molecule has 0 unspecified atom stereocenters. The molecule has 0 radical (unpaired) electrons. The molecule has 1 N–H and O–H groups in total. The molecule has 0 aromatic carbocycles. The minimum absolute atomic E-state index is 0.163. The molecule has 0 heterocycles. The lowest BCUT2D eigenvalue weighted by atomic mass is 10.5. The Hall–Kier alpha value is -0.580. The van der Waals surface area contributed by atoms with Gasteiger partial charge in [-0.3, -0.25) is 9.59 Å². The SMILES string of the molecule is CN(CC(=O)O)C(=O)CBr. The van der Waals surface area contributed by atoms with Crippen LogP contribution in [-0.4, -0.2) is 40.8 Å². The van der Waals surface area contributed by atoms with E-state index in [-0.39, 0.29) is 17.8 Å². The Labute approximate surface area is 66.9 Å². The Kier molecular flexibility index (Phi) is 4.02. The molecule has 0 rings (SSSR count). The van der Waals surface area contributed by atoms with Crippen LogP contribution in [0.15, 0.2) is 0 Å². The predicted molar refractivity (Wildman–Crippen MR) is 39.1 cm³/mol. The van der Waals surface area contributed by atoms with Gasteiger partial charge in [0.05, 0.1) is 5.33 Å². The van der Waals surface area contributed by atoms with E-state index >= 15 is 0 Å². The molecule has 0 saturated carbocycles. The molecular formula is C5H8BrNO3. The van der Waals surface area contributed by atoms with E-state index in [0.29, 0.717) is 0 Å². The van der Waals surface area contributed by atoms with Crippen molar-refractivity contribution >= 4 is 27.8 Å². The Morgan fingerprint density at radius 1 is 1.60 bits per heavy atom. The second kappa shape index (κ2) is 4.27. The molecule has 0 aromatic heterocycles. The summed E-state index contributed by atoms with van der Waals surface area (Å²) in [5, 5.41) is 8.38. The number of halogens is 1. The summed E-state index contributed by atoms with van der Waals surface area (Å²) in [7, 11) is 1.44. The highest BCUT2D eigenvalue weighted by atomic mass is 79.9. The Morgan fingerprint density at radius 3 is 2.40 bits per heavy atom. The second-order valence-electron chi connectivity index (χ2n) is 1.78. The van der Waals surface area contributed by atoms with Gasteiger partial charge < -0.3 is 10.0 Å². The summed E-state index contributed by atoms with van der Waals surface area (Å²) in [6, 6.07) is 0. The fraction of sp³-hybridized carbons (Fsp3) is 0.600. The van der Waals surface area contributed by atoms with Gasteiger partial charge >= 0.3 is 5.97 Å². The molecule has 4 nitrogen and oxygen atoms in total. The van der Waals surface area contributed by atoms with E-state index in [1.54, 1.807) is 0 Å². The van der Waals surface area contributed by atoms with Gasteiger partial charge in [-0.1, -0.05) is 15.9 Å². The number of carboxylic acids is 1. The average molecular weight is 210 g/mol. The number of likely N-dealkylation sites (N-methyl/N-ethyl adjacent to an activating group) is 1. The third-order valence-corrected chi connectivity index (χ3v) is 1.39. The van der Waals surface area contributed by atoms with Gasteiger partial charge in [0.2, 0.25) is 5.91 Å². The van der Waals surface area contributed by atoms with Crippen molar-refractivity contribution in [1.82, 2.24) is 4.90 Å². The molecule has 0 bridgehead atoms. The molecule has 5 heteroatoms. The van der Waals surface area contributed by atoms with E-state index < -0.39 is 5.97 Å². The van der Waals surface area contributed by atoms with Crippen LogP contribution in [0.3, 0.4) is 0 Å². The fourth-order valence-corrected chi connectivity index (χ4v) is 0.821. The highest BCUT2D eigenvalue weighted by Gasteiger charge is 2.09. The lowest BCUT2D eigenvalue weighted by Gasteiger charge is -2.11. The molecule has 58 valence electrons. The molecule has 0 fully saturated rings. The van der Waals surface area contributed by atoms with Crippen molar-refractivity contribution in [2.24, 2.45) is 0 Å². The van der Waals surface area contributed by atoms with Crippen molar-refractivity contribution in [3.8, 4) is 0 Å². The fourth-order valence-electron chi connectivity index (χ4n) is 0.393. The van der Waals surface area contributed by atoms with Crippen LogP contribution in [0.4, 0.5) is 0 Å². The average Bonchev–Trinajstić information content (AvgIpc) is 1.85. The predicted octanol–water partition coefficient (Wildman–Crippen LogP) is -0.0757. The maximum absolute atomic E-state index is 10.7. The number of carbonyl (C=O) groups excluding carboxylic acids is 1. The van der Waals surface area contributed by atoms with Crippen molar-refractivity contribution in [2.75, 3.05) is 18.9 Å². The van der Waals surface area contributed by atoms with Gasteiger partial charge in [0.25, 0.3) is 0 Å². The first-order valence-electron chi connectivity index (χ1n) is 2.59. The lowest BCUT2D eigenvalue weighted by molar-refractivity contribution is -0.142. The van der Waals surface area contributed by atoms with Crippen LogP contribution in [-0.2, 0) is 9.59 Å². The molecule has 0 atom stereocenters. The summed E-state index contributed by atoms with van der Waals surface area (Å²) in [5.41, 5.74) is 0. The minimum Gasteiger partial charge on any atom is -0.480 e. The van der Waals surface area contributed by atoms with Gasteiger partial charge in [-0.05, 0) is 0 Å². The summed E-state index contributed by atoms with van der Waals surface area (Å²) in [4.78, 5) is 21.8. The quantitative estimate of drug-likeness (QED) is 0.663. The maximum atomic E-state index is 10.7. The van der Waals surface area contributed by atoms with Gasteiger partial charge in [-0.25, -0.2) is 0 Å². The summed E-state index contributed by atoms with van der Waals surface area (Å²) >= 11 is 2.92. The zero-order chi connectivity index (χ0) is 8.15. The number of alkyl halides is 1. The van der Waals surface area contributed by atoms with Gasteiger partial charge in [-0.15, -0.1) is 0 Å². The van der Waals surface area contributed by atoms with Crippen LogP contribution >= 0.6 is 15.9 Å². The smallest absolute Gasteiger partial charge is 0.323 e. The minimum atomic E-state index is -1.00. The van der Waals surface area contributed by atoms with Gasteiger partial charge in [0.15, 0.2) is 0 Å². The molecule has 0 aromatic rings. The van der Waals surface area contributed by atoms with Crippen molar-refractivity contribution in [3.05, 3.63) is 0 Å². The zero-order valence-electron chi connectivity index (χ0n) is 5.50. The number of aliphatic carboxylic acids is 1. The first kappa shape index (κ1) is 9.42. The molecular weight excluding hydrogens is 202 g/mol. The van der Waals surface area contributed by atoms with E-state index in [9.17, 15) is 9.59 Å². The Bertz CT molecular complexity index is 148. The molecule has 0 aliphatic carbocycles. The number of hydrogen-bond acceptors (Lipinski definition) is 2. The van der Waals surface area contributed by atoms with Crippen LogP contribution in [0.2, 0.25) is 0 Å². The van der Waals surface area contributed by atoms with Crippen LogP contribution < -0.4 is 0 Å². The summed E-state index contributed by atoms with van der Waals surface area (Å²) in [6.45, 7) is -0.246. The molecule has 10 heavy (non-hydrogen) atoms. The van der Waals surface area contributed by atoms with Crippen molar-refractivity contribution in [3.63, 3.8) is 0 Å². The van der Waals surface area contributed by atoms with E-state index in [4.69, 9.17) is 5.11 Å². The standard InChI is InChI=1S/C5H8BrNO3/c1-7(3-5(9)10)4(8)2-6/h2-3H2,1H3,(H,9,10). The molecule has 0 aliphatic rings. The van der Waals surface area contributed by atoms with Gasteiger partial charge in [-0.2, -0.15) is 0 Å². The number of nitrogens with zero attached hydrogens (tertiary/aromatic N) is 1. The summed E-state index contributed by atoms with van der Waals surface area (Å²) < 4.78 is 0. The van der Waals surface area contributed by atoms with Crippen molar-refractivity contribution < 1.29 is 14.7 Å². The number of amides is 1. The van der Waals surface area contributed by atoms with E-state index in [2.05, 4.69) is 15.9 Å². The van der Waals surface area contributed by atoms with Crippen LogP contribution in [0.1, 0.15) is 0 Å². The number of rotatable bonds is 3. The van der Waals surface area contributed by atoms with Crippen molar-refractivity contribution in [1.29, 1.82) is 0 Å². The maximum Gasteiger partial charge on any atom is 0.323 e. The normalized spacial score (nSPS) is 9.00. The van der Waals surface area contributed by atoms with Gasteiger partial charge in [0.1, 0.15) is 6.54 Å². The number of carboxylic acid groups (broad SMARTS) is 1. The molecule has 0 aliphatic heterocycles. The van der Waals surface area contributed by atoms with E-state index in [1.807, 2.05) is 0 Å². The summed E-state index contributed by atoms with van der Waals surface area (Å²) in [6.07, 6.45) is 0. The Morgan fingerprint density at radius 2 is 2.10 bits per heavy atom. The van der Waals surface area contributed by atoms with Crippen LogP contribution in [0, 0.1) is 0 Å². The number of hydrogen-bond donors (Lipinski definition) is 1. The van der Waals surface area contributed by atoms with E-state index in [0.717, 1.165) is 4.90 Å². The first-order chi connectivity index (χ1) is 4.57. The topological polar surface area (TPSA) is 57.6 Å². The summed E-state index contributed by atoms with van der Waals surface area (Å²) in [5.74, 6) is -1.24. The zero-order valence-corrected chi connectivity index (χ0v) is 7.09. The highest BCUT2D eigenvalue weighted by Crippen LogP contribution is 1.88. The van der Waals surface area contributed by atoms with Crippen LogP contribution in [0.25, 0.3) is 0 Å². The Balaban J connectivity index is 3.72. The highest BCUT2D eigenvalue weighted by molar-refractivity contribution is 9.09. The van der Waals surface area contributed by atoms with Crippen molar-refractivity contribution in [2.45, 2.75) is 0 Å². The largest absolute Gasteiger partial charge is 0.480 e. The first-order valence-corrected chi connectivity index (χ1v) is 3.71. The second-order valence-corrected chi connectivity index (χ2v) is 2.34. The third-order valence-electron chi connectivity index (χ3n) is 0.913. The third kappa shape index (κ3) is 3.45. The molecule has 0 saturated heterocycles. The lowest BCUT2D eigenvalue weighted by Crippen LogP contribution is -2.32. The monoisotopic (exact) mass is 209 g/mol.